The van der Waals surface area contributed by atoms with E-state index >= 15 is 0 Å². The number of aliphatic hydroxyl groups is 1. The van der Waals surface area contributed by atoms with Crippen LogP contribution >= 0.6 is 0 Å². The van der Waals surface area contributed by atoms with Crippen LogP contribution in [0, 0.1) is 0 Å². The SMILES string of the molecule is C[Si](C)(C)CCOCC1CC(C(F)(F)F)=CN1CCO. The molecule has 0 aliphatic carbocycles. The van der Waals surface area contributed by atoms with Gasteiger partial charge in [-0.15, -0.1) is 0 Å². The third-order valence-electron chi connectivity index (χ3n) is 3.28. The van der Waals surface area contributed by atoms with Gasteiger partial charge in [-0.1, -0.05) is 19.6 Å². The van der Waals surface area contributed by atoms with Crippen LogP contribution in [0.3, 0.4) is 0 Å². The van der Waals surface area contributed by atoms with Crippen LogP contribution in [0.2, 0.25) is 25.7 Å². The van der Waals surface area contributed by atoms with Crippen molar-refractivity contribution in [2.45, 2.75) is 44.3 Å². The lowest BCUT2D eigenvalue weighted by Crippen LogP contribution is -2.34. The fourth-order valence-corrected chi connectivity index (χ4v) is 2.79. The Balaban J connectivity index is 2.45. The van der Waals surface area contributed by atoms with E-state index in [1.165, 1.54) is 4.90 Å². The molecule has 1 atom stereocenters. The Bertz CT molecular complexity index is 339. The molecular formula is C13H24F3NO2Si. The van der Waals surface area contributed by atoms with Crippen LogP contribution in [0.1, 0.15) is 6.42 Å². The van der Waals surface area contributed by atoms with Crippen LogP contribution in [-0.4, -0.2) is 56.7 Å². The number of hydrogen-bond acceptors (Lipinski definition) is 3. The van der Waals surface area contributed by atoms with Crippen molar-refractivity contribution >= 4 is 8.07 Å². The topological polar surface area (TPSA) is 32.7 Å². The molecule has 0 saturated carbocycles. The number of aliphatic hydroxyl groups excluding tert-OH is 1. The molecule has 1 unspecified atom stereocenters. The molecule has 0 saturated heterocycles. The lowest BCUT2D eigenvalue weighted by Gasteiger charge is -2.25. The van der Waals surface area contributed by atoms with Gasteiger partial charge in [0.15, 0.2) is 0 Å². The van der Waals surface area contributed by atoms with E-state index in [1.54, 1.807) is 0 Å². The molecule has 0 aromatic heterocycles. The molecule has 3 nitrogen and oxygen atoms in total. The predicted octanol–water partition coefficient (Wildman–Crippen LogP) is 2.85. The fraction of sp³-hybridized carbons (Fsp3) is 0.846. The summed E-state index contributed by atoms with van der Waals surface area (Å²) in [5.74, 6) is 0. The van der Waals surface area contributed by atoms with Gasteiger partial charge in [0.1, 0.15) is 0 Å². The first kappa shape index (κ1) is 17.5. The molecule has 1 aliphatic heterocycles. The van der Waals surface area contributed by atoms with E-state index in [1.807, 2.05) is 0 Å². The van der Waals surface area contributed by atoms with Crippen LogP contribution in [-0.2, 0) is 4.74 Å². The number of ether oxygens (including phenoxy) is 1. The third kappa shape index (κ3) is 5.84. The van der Waals surface area contributed by atoms with Crippen molar-refractivity contribution in [3.05, 3.63) is 11.8 Å². The molecule has 0 amide bonds. The lowest BCUT2D eigenvalue weighted by atomic mass is 10.1. The first-order chi connectivity index (χ1) is 9.13. The third-order valence-corrected chi connectivity index (χ3v) is 4.98. The van der Waals surface area contributed by atoms with Gasteiger partial charge in [-0.2, -0.15) is 13.2 Å². The minimum Gasteiger partial charge on any atom is -0.395 e. The van der Waals surface area contributed by atoms with Crippen molar-refractivity contribution in [3.8, 4) is 0 Å². The summed E-state index contributed by atoms with van der Waals surface area (Å²) < 4.78 is 43.6. The van der Waals surface area contributed by atoms with Gasteiger partial charge in [0.25, 0.3) is 0 Å². The molecule has 0 radical (unpaired) electrons. The molecule has 0 fully saturated rings. The average Bonchev–Trinajstić information content (AvgIpc) is 2.67. The number of halogens is 3. The molecule has 1 N–H and O–H groups in total. The molecular weight excluding hydrogens is 287 g/mol. The maximum absolute atomic E-state index is 12.7. The highest BCUT2D eigenvalue weighted by molar-refractivity contribution is 6.76. The van der Waals surface area contributed by atoms with Gasteiger partial charge < -0.3 is 14.7 Å². The van der Waals surface area contributed by atoms with E-state index in [-0.39, 0.29) is 32.2 Å². The van der Waals surface area contributed by atoms with Crippen LogP contribution < -0.4 is 0 Å². The highest BCUT2D eigenvalue weighted by atomic mass is 28.3. The average molecular weight is 311 g/mol. The van der Waals surface area contributed by atoms with Gasteiger partial charge in [0.05, 0.1) is 24.8 Å². The molecule has 0 aromatic rings. The molecule has 7 heteroatoms. The monoisotopic (exact) mass is 311 g/mol. The van der Waals surface area contributed by atoms with Crippen LogP contribution in [0.4, 0.5) is 13.2 Å². The lowest BCUT2D eigenvalue weighted by molar-refractivity contribution is -0.0936. The van der Waals surface area contributed by atoms with Gasteiger partial charge in [-0.25, -0.2) is 0 Å². The molecule has 0 spiro atoms. The van der Waals surface area contributed by atoms with Crippen molar-refractivity contribution < 1.29 is 23.0 Å². The highest BCUT2D eigenvalue weighted by Crippen LogP contribution is 2.35. The summed E-state index contributed by atoms with van der Waals surface area (Å²) in [6, 6.07) is 0.680. The van der Waals surface area contributed by atoms with Crippen LogP contribution in [0.15, 0.2) is 11.8 Å². The smallest absolute Gasteiger partial charge is 0.395 e. The Morgan fingerprint density at radius 3 is 2.55 bits per heavy atom. The highest BCUT2D eigenvalue weighted by Gasteiger charge is 2.40. The van der Waals surface area contributed by atoms with E-state index in [2.05, 4.69) is 19.6 Å². The predicted molar refractivity (Wildman–Crippen MR) is 75.3 cm³/mol. The zero-order valence-corrected chi connectivity index (χ0v) is 13.3. The normalized spacial score (nSPS) is 20.4. The van der Waals surface area contributed by atoms with Crippen molar-refractivity contribution in [3.63, 3.8) is 0 Å². The Hall–Kier alpha value is -0.533. The maximum Gasteiger partial charge on any atom is 0.414 e. The zero-order chi connectivity index (χ0) is 15.4. The molecule has 0 bridgehead atoms. The second kappa shape index (κ2) is 6.95. The van der Waals surface area contributed by atoms with Gasteiger partial charge in [-0.05, 0) is 6.04 Å². The summed E-state index contributed by atoms with van der Waals surface area (Å²) in [5.41, 5.74) is -0.537. The standard InChI is InChI=1S/C13H24F3NO2Si/c1-20(2,3)7-6-19-10-12-8-11(13(14,15)16)9-17(12)4-5-18/h9,12,18H,4-8,10H2,1-3H3. The molecule has 20 heavy (non-hydrogen) atoms. The van der Waals surface area contributed by atoms with Gasteiger partial charge >= 0.3 is 6.18 Å². The maximum atomic E-state index is 12.7. The van der Waals surface area contributed by atoms with Crippen molar-refractivity contribution in [2.75, 3.05) is 26.4 Å². The fourth-order valence-electron chi connectivity index (χ4n) is 2.03. The molecule has 118 valence electrons. The van der Waals surface area contributed by atoms with Gasteiger partial charge in [0, 0.05) is 33.8 Å². The van der Waals surface area contributed by atoms with Gasteiger partial charge in [-0.3, -0.25) is 0 Å². The largest absolute Gasteiger partial charge is 0.414 e. The summed E-state index contributed by atoms with van der Waals surface area (Å²) in [4.78, 5) is 1.54. The van der Waals surface area contributed by atoms with E-state index < -0.39 is 19.8 Å². The second-order valence-electron chi connectivity index (χ2n) is 6.36. The summed E-state index contributed by atoms with van der Waals surface area (Å²) >= 11 is 0. The Labute approximate surface area is 119 Å². The van der Waals surface area contributed by atoms with Crippen molar-refractivity contribution in [1.29, 1.82) is 0 Å². The Morgan fingerprint density at radius 2 is 2.05 bits per heavy atom. The van der Waals surface area contributed by atoms with Crippen molar-refractivity contribution in [2.24, 2.45) is 0 Å². The molecule has 1 rings (SSSR count). The molecule has 1 heterocycles. The summed E-state index contributed by atoms with van der Waals surface area (Å²) in [6.45, 7) is 7.61. The second-order valence-corrected chi connectivity index (χ2v) is 12.0. The Morgan fingerprint density at radius 1 is 1.40 bits per heavy atom. The summed E-state index contributed by atoms with van der Waals surface area (Å²) in [7, 11) is -1.18. The first-order valence-corrected chi connectivity index (χ1v) is 10.6. The van der Waals surface area contributed by atoms with E-state index in [0.29, 0.717) is 6.61 Å². The number of β-amino-alcohol motifs (C(OH)–C–C–N with tert-alkyl or cyclic N) is 1. The van der Waals surface area contributed by atoms with E-state index in [9.17, 15) is 13.2 Å². The Kier molecular flexibility index (Phi) is 6.09. The van der Waals surface area contributed by atoms with E-state index in [0.717, 1.165) is 12.2 Å². The number of alkyl halides is 3. The quantitative estimate of drug-likeness (QED) is 0.580. The molecule has 0 aromatic carbocycles. The minimum atomic E-state index is -4.29. The first-order valence-electron chi connectivity index (χ1n) is 6.86. The van der Waals surface area contributed by atoms with E-state index in [4.69, 9.17) is 9.84 Å². The number of rotatable bonds is 7. The van der Waals surface area contributed by atoms with Crippen molar-refractivity contribution in [1.82, 2.24) is 4.90 Å². The summed E-state index contributed by atoms with van der Waals surface area (Å²) in [6.07, 6.45) is -3.24. The number of hydrogen-bond donors (Lipinski definition) is 1. The minimum absolute atomic E-state index is 0.0591. The number of nitrogens with zero attached hydrogens (tertiary/aromatic N) is 1. The summed E-state index contributed by atoms with van der Waals surface area (Å²) in [5, 5.41) is 8.92. The van der Waals surface area contributed by atoms with Gasteiger partial charge in [0.2, 0.25) is 0 Å². The molecule has 1 aliphatic rings. The van der Waals surface area contributed by atoms with Crippen LogP contribution in [0.5, 0.6) is 0 Å². The zero-order valence-electron chi connectivity index (χ0n) is 12.3. The van der Waals surface area contributed by atoms with Crippen LogP contribution in [0.25, 0.3) is 0 Å².